The standard InChI is InChI=1S/C18H18N4O6/c1-11(16(23)20-21-17(24)12-6-4-3-5-7-12)28-18(25)13-8-9-14(19-2)15(10-13)22(26)27/h3-11,19H,1-2H3,(H,20,23)(H,21,24)/t11-/m1/s1. The van der Waals surface area contributed by atoms with Crippen molar-refractivity contribution in [2.24, 2.45) is 0 Å². The lowest BCUT2D eigenvalue weighted by Gasteiger charge is -2.14. The number of anilines is 1. The van der Waals surface area contributed by atoms with Crippen molar-refractivity contribution < 1.29 is 24.0 Å². The molecule has 3 N–H and O–H groups in total. The Balaban J connectivity index is 1.96. The molecule has 10 nitrogen and oxygen atoms in total. The van der Waals surface area contributed by atoms with Gasteiger partial charge in [-0.15, -0.1) is 0 Å². The number of carbonyl (C=O) groups is 3. The molecule has 0 bridgehead atoms. The Hall–Kier alpha value is -3.95. The average Bonchev–Trinajstić information content (AvgIpc) is 2.71. The van der Waals surface area contributed by atoms with E-state index in [1.54, 1.807) is 30.3 Å². The van der Waals surface area contributed by atoms with Crippen molar-refractivity contribution in [2.75, 3.05) is 12.4 Å². The lowest BCUT2D eigenvalue weighted by molar-refractivity contribution is -0.384. The van der Waals surface area contributed by atoms with Crippen molar-refractivity contribution in [1.29, 1.82) is 0 Å². The van der Waals surface area contributed by atoms with Crippen molar-refractivity contribution in [3.8, 4) is 0 Å². The Labute approximate surface area is 160 Å². The fourth-order valence-corrected chi connectivity index (χ4v) is 2.18. The second kappa shape index (κ2) is 9.12. The number of nitro benzene ring substituents is 1. The molecule has 0 heterocycles. The molecule has 0 aromatic heterocycles. The molecule has 0 fully saturated rings. The summed E-state index contributed by atoms with van der Waals surface area (Å²) < 4.78 is 5.00. The number of benzene rings is 2. The molecule has 0 aliphatic heterocycles. The summed E-state index contributed by atoms with van der Waals surface area (Å²) in [5.41, 5.74) is 4.54. The molecule has 2 amide bonds. The normalized spacial score (nSPS) is 11.1. The predicted octanol–water partition coefficient (Wildman–Crippen LogP) is 1.64. The van der Waals surface area contributed by atoms with Crippen LogP contribution in [0.2, 0.25) is 0 Å². The number of esters is 1. The number of hydrogen-bond acceptors (Lipinski definition) is 7. The van der Waals surface area contributed by atoms with E-state index in [1.165, 1.54) is 26.1 Å². The van der Waals surface area contributed by atoms with Gasteiger partial charge in [0.1, 0.15) is 5.69 Å². The molecular formula is C18H18N4O6. The molecule has 2 aromatic rings. The van der Waals surface area contributed by atoms with Crippen molar-refractivity contribution in [3.05, 3.63) is 69.8 Å². The fraction of sp³-hybridized carbons (Fsp3) is 0.167. The average molecular weight is 386 g/mol. The third-order valence-corrected chi connectivity index (χ3v) is 3.69. The summed E-state index contributed by atoms with van der Waals surface area (Å²) in [6, 6.07) is 11.9. The Kier molecular flexibility index (Phi) is 6.63. The van der Waals surface area contributed by atoms with Crippen LogP contribution in [-0.4, -0.2) is 35.9 Å². The summed E-state index contributed by atoms with van der Waals surface area (Å²) in [5, 5.41) is 13.7. The molecule has 0 unspecified atom stereocenters. The Morgan fingerprint density at radius 2 is 1.71 bits per heavy atom. The highest BCUT2D eigenvalue weighted by atomic mass is 16.6. The first kappa shape index (κ1) is 20.4. The third-order valence-electron chi connectivity index (χ3n) is 3.69. The zero-order valence-electron chi connectivity index (χ0n) is 15.1. The van der Waals surface area contributed by atoms with Crippen LogP contribution in [0.3, 0.4) is 0 Å². The molecule has 10 heteroatoms. The number of hydrogen-bond donors (Lipinski definition) is 3. The van der Waals surface area contributed by atoms with Gasteiger partial charge in [0.15, 0.2) is 6.10 Å². The van der Waals surface area contributed by atoms with Gasteiger partial charge in [-0.2, -0.15) is 0 Å². The van der Waals surface area contributed by atoms with Crippen LogP contribution in [-0.2, 0) is 9.53 Å². The van der Waals surface area contributed by atoms with Gasteiger partial charge in [0, 0.05) is 18.7 Å². The Morgan fingerprint density at radius 1 is 1.04 bits per heavy atom. The molecule has 0 saturated heterocycles. The van der Waals surface area contributed by atoms with Gasteiger partial charge in [-0.1, -0.05) is 18.2 Å². The van der Waals surface area contributed by atoms with Crippen LogP contribution in [0.15, 0.2) is 48.5 Å². The molecule has 0 aliphatic carbocycles. The highest BCUT2D eigenvalue weighted by Gasteiger charge is 2.22. The maximum absolute atomic E-state index is 12.2. The van der Waals surface area contributed by atoms with E-state index in [9.17, 15) is 24.5 Å². The number of nitro groups is 1. The van der Waals surface area contributed by atoms with Gasteiger partial charge in [-0.3, -0.25) is 30.6 Å². The monoisotopic (exact) mass is 386 g/mol. The van der Waals surface area contributed by atoms with E-state index in [1.807, 2.05) is 0 Å². The van der Waals surface area contributed by atoms with E-state index in [-0.39, 0.29) is 16.9 Å². The molecular weight excluding hydrogens is 368 g/mol. The zero-order chi connectivity index (χ0) is 20.7. The SMILES string of the molecule is CNc1ccc(C(=O)O[C@H](C)C(=O)NNC(=O)c2ccccc2)cc1[N+](=O)[O-]. The van der Waals surface area contributed by atoms with E-state index >= 15 is 0 Å². The van der Waals surface area contributed by atoms with Crippen molar-refractivity contribution in [3.63, 3.8) is 0 Å². The van der Waals surface area contributed by atoms with E-state index in [0.29, 0.717) is 5.56 Å². The van der Waals surface area contributed by atoms with E-state index in [2.05, 4.69) is 16.2 Å². The summed E-state index contributed by atoms with van der Waals surface area (Å²) in [4.78, 5) is 46.5. The molecule has 1 atom stereocenters. The second-order valence-corrected chi connectivity index (χ2v) is 5.60. The molecule has 0 aliphatic rings. The number of nitrogens with one attached hydrogen (secondary N) is 3. The molecule has 0 saturated carbocycles. The Bertz CT molecular complexity index is 900. The summed E-state index contributed by atoms with van der Waals surface area (Å²) in [6.07, 6.45) is -1.24. The number of carbonyl (C=O) groups excluding carboxylic acids is 3. The van der Waals surface area contributed by atoms with E-state index in [0.717, 1.165) is 6.07 Å². The van der Waals surface area contributed by atoms with E-state index in [4.69, 9.17) is 4.74 Å². The van der Waals surface area contributed by atoms with Gasteiger partial charge < -0.3 is 10.1 Å². The molecule has 146 valence electrons. The summed E-state index contributed by atoms with van der Waals surface area (Å²) in [6.45, 7) is 1.30. The first-order valence-electron chi connectivity index (χ1n) is 8.16. The van der Waals surface area contributed by atoms with Crippen LogP contribution in [0.5, 0.6) is 0 Å². The highest BCUT2D eigenvalue weighted by Crippen LogP contribution is 2.25. The maximum Gasteiger partial charge on any atom is 0.339 e. The lowest BCUT2D eigenvalue weighted by atomic mass is 10.1. The topological polar surface area (TPSA) is 140 Å². The van der Waals surface area contributed by atoms with Crippen LogP contribution in [0.4, 0.5) is 11.4 Å². The molecule has 2 aromatic carbocycles. The first-order chi connectivity index (χ1) is 13.3. The first-order valence-corrected chi connectivity index (χ1v) is 8.16. The number of nitrogens with zero attached hydrogens (tertiary/aromatic N) is 1. The van der Waals surface area contributed by atoms with Crippen LogP contribution < -0.4 is 16.2 Å². The van der Waals surface area contributed by atoms with Gasteiger partial charge in [0.05, 0.1) is 10.5 Å². The molecule has 0 spiro atoms. The number of rotatable bonds is 6. The minimum Gasteiger partial charge on any atom is -0.449 e. The van der Waals surface area contributed by atoms with E-state index < -0.39 is 28.8 Å². The third kappa shape index (κ3) is 5.04. The summed E-state index contributed by atoms with van der Waals surface area (Å²) in [5.74, 6) is -2.22. The van der Waals surface area contributed by atoms with Crippen LogP contribution in [0.1, 0.15) is 27.6 Å². The zero-order valence-corrected chi connectivity index (χ0v) is 15.1. The number of ether oxygens (including phenoxy) is 1. The molecule has 28 heavy (non-hydrogen) atoms. The van der Waals surface area contributed by atoms with Crippen LogP contribution in [0, 0.1) is 10.1 Å². The predicted molar refractivity (Wildman–Crippen MR) is 99.6 cm³/mol. The van der Waals surface area contributed by atoms with Crippen molar-refractivity contribution in [2.45, 2.75) is 13.0 Å². The quantitative estimate of drug-likeness (QED) is 0.389. The molecule has 2 rings (SSSR count). The van der Waals surface area contributed by atoms with Gasteiger partial charge >= 0.3 is 5.97 Å². The van der Waals surface area contributed by atoms with Gasteiger partial charge in [-0.25, -0.2) is 4.79 Å². The Morgan fingerprint density at radius 3 is 2.32 bits per heavy atom. The number of amides is 2. The van der Waals surface area contributed by atoms with Crippen molar-refractivity contribution in [1.82, 2.24) is 10.9 Å². The fourth-order valence-electron chi connectivity index (χ4n) is 2.18. The minimum atomic E-state index is -1.24. The minimum absolute atomic E-state index is 0.0846. The second-order valence-electron chi connectivity index (χ2n) is 5.60. The highest BCUT2D eigenvalue weighted by molar-refractivity contribution is 5.96. The van der Waals surface area contributed by atoms with Gasteiger partial charge in [-0.05, 0) is 31.2 Å². The number of hydrazine groups is 1. The lowest BCUT2D eigenvalue weighted by Crippen LogP contribution is -2.46. The van der Waals surface area contributed by atoms with Crippen LogP contribution in [0.25, 0.3) is 0 Å². The largest absolute Gasteiger partial charge is 0.449 e. The summed E-state index contributed by atoms with van der Waals surface area (Å²) in [7, 11) is 1.51. The van der Waals surface area contributed by atoms with Crippen LogP contribution >= 0.6 is 0 Å². The smallest absolute Gasteiger partial charge is 0.339 e. The maximum atomic E-state index is 12.2. The van der Waals surface area contributed by atoms with Crippen molar-refractivity contribution >= 4 is 29.2 Å². The van der Waals surface area contributed by atoms with Gasteiger partial charge in [0.25, 0.3) is 17.5 Å². The van der Waals surface area contributed by atoms with Gasteiger partial charge in [0.2, 0.25) is 0 Å². The molecule has 0 radical (unpaired) electrons. The summed E-state index contributed by atoms with van der Waals surface area (Å²) >= 11 is 0.